The third kappa shape index (κ3) is 2.28. The van der Waals surface area contributed by atoms with E-state index in [-0.39, 0.29) is 17.2 Å². The number of carbonyl (C=O) groups is 1. The van der Waals surface area contributed by atoms with Crippen molar-refractivity contribution in [2.24, 2.45) is 0 Å². The first kappa shape index (κ1) is 13.8. The van der Waals surface area contributed by atoms with E-state index in [0.29, 0.717) is 19.5 Å². The highest BCUT2D eigenvalue weighted by atomic mass is 32.2. The van der Waals surface area contributed by atoms with E-state index in [1.54, 1.807) is 16.1 Å². The van der Waals surface area contributed by atoms with Crippen molar-refractivity contribution in [1.29, 1.82) is 0 Å². The molecule has 2 fully saturated rings. The number of hydrogen-bond donors (Lipinski definition) is 0. The molecule has 0 aromatic carbocycles. The van der Waals surface area contributed by atoms with E-state index >= 15 is 0 Å². The van der Waals surface area contributed by atoms with E-state index in [0.717, 1.165) is 25.7 Å². The maximum Gasteiger partial charge on any atom is 0.222 e. The number of nitrogens with zero attached hydrogens (tertiary/aromatic N) is 2. The lowest BCUT2D eigenvalue weighted by molar-refractivity contribution is -0.141. The van der Waals surface area contributed by atoms with Crippen LogP contribution >= 0.6 is 0 Å². The maximum atomic E-state index is 12.0. The van der Waals surface area contributed by atoms with Crippen molar-refractivity contribution >= 4 is 15.9 Å². The fourth-order valence-electron chi connectivity index (χ4n) is 3.14. The quantitative estimate of drug-likeness (QED) is 0.749. The van der Waals surface area contributed by atoms with Crippen molar-refractivity contribution in [1.82, 2.24) is 9.21 Å². The van der Waals surface area contributed by atoms with Crippen molar-refractivity contribution in [3.8, 4) is 0 Å². The van der Waals surface area contributed by atoms with Gasteiger partial charge in [0.2, 0.25) is 15.9 Å². The Hall–Kier alpha value is -0.620. The molecule has 2 saturated heterocycles. The average molecular weight is 274 g/mol. The predicted octanol–water partition coefficient (Wildman–Crippen LogP) is 0.813. The van der Waals surface area contributed by atoms with Gasteiger partial charge in [0.1, 0.15) is 0 Å². The zero-order chi connectivity index (χ0) is 13.4. The lowest BCUT2D eigenvalue weighted by Gasteiger charge is -2.50. The Balaban J connectivity index is 2.22. The number of likely N-dealkylation sites (N-methyl/N-ethyl adjacent to an activating group) is 1. The van der Waals surface area contributed by atoms with Crippen molar-refractivity contribution < 1.29 is 13.2 Å². The van der Waals surface area contributed by atoms with Gasteiger partial charge in [-0.25, -0.2) is 8.42 Å². The number of carbonyl (C=O) groups excluding carboxylic acids is 1. The molecule has 2 heterocycles. The van der Waals surface area contributed by atoms with Crippen LogP contribution in [0, 0.1) is 0 Å². The van der Waals surface area contributed by atoms with Gasteiger partial charge in [0.25, 0.3) is 0 Å². The molecule has 6 heteroatoms. The van der Waals surface area contributed by atoms with Gasteiger partial charge in [0.15, 0.2) is 0 Å². The van der Waals surface area contributed by atoms with Gasteiger partial charge in [-0.15, -0.1) is 0 Å². The summed E-state index contributed by atoms with van der Waals surface area (Å²) in [5.41, 5.74) is -0.254. The third-order valence-corrected chi connectivity index (χ3v) is 6.22. The molecular formula is C12H22N2O3S. The van der Waals surface area contributed by atoms with Gasteiger partial charge in [-0.2, -0.15) is 4.31 Å². The molecule has 0 N–H and O–H groups in total. The first-order valence-corrected chi connectivity index (χ1v) is 8.27. The van der Waals surface area contributed by atoms with Crippen molar-refractivity contribution in [3.05, 3.63) is 0 Å². The number of sulfonamides is 1. The smallest absolute Gasteiger partial charge is 0.222 e. The van der Waals surface area contributed by atoms with Crippen LogP contribution in [0.15, 0.2) is 0 Å². The van der Waals surface area contributed by atoms with Crippen LogP contribution in [-0.4, -0.2) is 55.0 Å². The summed E-state index contributed by atoms with van der Waals surface area (Å²) in [6, 6.07) is 0. The van der Waals surface area contributed by atoms with Gasteiger partial charge < -0.3 is 4.90 Å². The topological polar surface area (TPSA) is 57.7 Å². The van der Waals surface area contributed by atoms with Gasteiger partial charge >= 0.3 is 0 Å². The predicted molar refractivity (Wildman–Crippen MR) is 69.6 cm³/mol. The SMILES string of the molecule is CCS(=O)(=O)N1CCCC2(CCCC(=O)N2C)C1. The van der Waals surface area contributed by atoms with Crippen LogP contribution in [0.1, 0.15) is 39.0 Å². The minimum atomic E-state index is -3.14. The van der Waals surface area contributed by atoms with Crippen LogP contribution in [0.3, 0.4) is 0 Å². The van der Waals surface area contributed by atoms with Crippen LogP contribution in [0.2, 0.25) is 0 Å². The number of amides is 1. The standard InChI is InChI=1S/C12H22N2O3S/c1-3-18(16,17)14-9-5-8-12(10-14)7-4-6-11(15)13(12)2/h3-10H2,1-2H3. The zero-order valence-electron chi connectivity index (χ0n) is 11.2. The minimum Gasteiger partial charge on any atom is -0.339 e. The molecule has 2 aliphatic rings. The van der Waals surface area contributed by atoms with Crippen molar-refractivity contribution in [2.75, 3.05) is 25.9 Å². The first-order chi connectivity index (χ1) is 8.41. The minimum absolute atomic E-state index is 0.140. The molecule has 1 spiro atoms. The maximum absolute atomic E-state index is 12.0. The van der Waals surface area contributed by atoms with Crippen LogP contribution < -0.4 is 0 Å². The van der Waals surface area contributed by atoms with Crippen LogP contribution in [-0.2, 0) is 14.8 Å². The molecule has 2 aliphatic heterocycles. The molecule has 0 aliphatic carbocycles. The van der Waals surface area contributed by atoms with Gasteiger partial charge in [0.05, 0.1) is 11.3 Å². The summed E-state index contributed by atoms with van der Waals surface area (Å²) in [5, 5.41) is 0. The molecule has 0 radical (unpaired) electrons. The zero-order valence-corrected chi connectivity index (χ0v) is 12.0. The summed E-state index contributed by atoms with van der Waals surface area (Å²) in [5.74, 6) is 0.290. The number of hydrogen-bond acceptors (Lipinski definition) is 3. The monoisotopic (exact) mass is 274 g/mol. The Bertz CT molecular complexity index is 431. The molecule has 0 saturated carbocycles. The molecule has 18 heavy (non-hydrogen) atoms. The Morgan fingerprint density at radius 2 is 1.94 bits per heavy atom. The largest absolute Gasteiger partial charge is 0.339 e. The number of rotatable bonds is 2. The Morgan fingerprint density at radius 3 is 2.61 bits per heavy atom. The Labute approximate surface area is 109 Å². The molecule has 1 unspecified atom stereocenters. The number of piperidine rings is 2. The fraction of sp³-hybridized carbons (Fsp3) is 0.917. The van der Waals surface area contributed by atoms with Gasteiger partial charge in [-0.05, 0) is 32.6 Å². The van der Waals surface area contributed by atoms with Crippen LogP contribution in [0.5, 0.6) is 0 Å². The second-order valence-electron chi connectivity index (χ2n) is 5.37. The van der Waals surface area contributed by atoms with Crippen molar-refractivity contribution in [2.45, 2.75) is 44.6 Å². The summed E-state index contributed by atoms with van der Waals surface area (Å²) in [4.78, 5) is 13.7. The molecule has 2 rings (SSSR count). The van der Waals surface area contributed by atoms with E-state index < -0.39 is 10.0 Å². The van der Waals surface area contributed by atoms with E-state index in [4.69, 9.17) is 0 Å². The van der Waals surface area contributed by atoms with Crippen LogP contribution in [0.4, 0.5) is 0 Å². The lowest BCUT2D eigenvalue weighted by atomic mass is 9.81. The van der Waals surface area contributed by atoms with E-state index in [9.17, 15) is 13.2 Å². The van der Waals surface area contributed by atoms with Gasteiger partial charge in [0, 0.05) is 26.6 Å². The number of likely N-dealkylation sites (tertiary alicyclic amines) is 1. The van der Waals surface area contributed by atoms with E-state index in [1.807, 2.05) is 7.05 Å². The molecule has 0 aromatic heterocycles. The fourth-order valence-corrected chi connectivity index (χ4v) is 4.35. The van der Waals surface area contributed by atoms with Crippen LogP contribution in [0.25, 0.3) is 0 Å². The van der Waals surface area contributed by atoms with Gasteiger partial charge in [-0.3, -0.25) is 4.79 Å². The molecular weight excluding hydrogens is 252 g/mol. The highest BCUT2D eigenvalue weighted by Gasteiger charge is 2.45. The summed E-state index contributed by atoms with van der Waals surface area (Å²) in [6.07, 6.45) is 4.16. The second-order valence-corrected chi connectivity index (χ2v) is 7.63. The summed E-state index contributed by atoms with van der Waals surface area (Å²) < 4.78 is 25.6. The van der Waals surface area contributed by atoms with Crippen molar-refractivity contribution in [3.63, 3.8) is 0 Å². The lowest BCUT2D eigenvalue weighted by Crippen LogP contribution is -2.61. The molecule has 1 atom stereocenters. The van der Waals surface area contributed by atoms with E-state index in [2.05, 4.69) is 0 Å². The molecule has 0 aromatic rings. The van der Waals surface area contributed by atoms with Gasteiger partial charge in [-0.1, -0.05) is 0 Å². The molecule has 1 amide bonds. The normalized spacial score (nSPS) is 31.0. The highest BCUT2D eigenvalue weighted by molar-refractivity contribution is 7.89. The highest BCUT2D eigenvalue weighted by Crippen LogP contribution is 2.36. The Morgan fingerprint density at radius 1 is 1.28 bits per heavy atom. The molecule has 0 bridgehead atoms. The van der Waals surface area contributed by atoms with E-state index in [1.165, 1.54) is 0 Å². The Kier molecular flexibility index (Phi) is 3.69. The summed E-state index contributed by atoms with van der Waals surface area (Å²) >= 11 is 0. The summed E-state index contributed by atoms with van der Waals surface area (Å²) in [6.45, 7) is 2.75. The third-order valence-electron chi connectivity index (χ3n) is 4.40. The second kappa shape index (κ2) is 4.81. The summed E-state index contributed by atoms with van der Waals surface area (Å²) in [7, 11) is -1.32. The molecule has 5 nitrogen and oxygen atoms in total. The average Bonchev–Trinajstić information content (AvgIpc) is 2.36. The molecule has 104 valence electrons. The first-order valence-electron chi connectivity index (χ1n) is 6.66.